The predicted octanol–water partition coefficient (Wildman–Crippen LogP) is 3.15. The van der Waals surface area contributed by atoms with E-state index in [0.717, 1.165) is 37.4 Å². The van der Waals surface area contributed by atoms with Crippen LogP contribution in [0, 0.1) is 6.92 Å². The number of aryl methyl sites for hydroxylation is 1. The normalized spacial score (nSPS) is 16.3. The van der Waals surface area contributed by atoms with Crippen LogP contribution >= 0.6 is 0 Å². The second kappa shape index (κ2) is 9.53. The van der Waals surface area contributed by atoms with Crippen molar-refractivity contribution < 1.29 is 9.90 Å². The molecule has 1 aliphatic rings. The fraction of sp³-hybridized carbons (Fsp3) is 0.348. The van der Waals surface area contributed by atoms with Gasteiger partial charge in [-0.05, 0) is 36.8 Å². The fourth-order valence-electron chi connectivity index (χ4n) is 3.37. The van der Waals surface area contributed by atoms with Gasteiger partial charge in [0.2, 0.25) is 5.91 Å². The number of amides is 1. The molecule has 28 heavy (non-hydrogen) atoms. The van der Waals surface area contributed by atoms with Crippen molar-refractivity contribution in [3.63, 3.8) is 0 Å². The van der Waals surface area contributed by atoms with Crippen LogP contribution in [0.3, 0.4) is 0 Å². The van der Waals surface area contributed by atoms with Gasteiger partial charge in [-0.15, -0.1) is 0 Å². The van der Waals surface area contributed by atoms with E-state index in [-0.39, 0.29) is 5.91 Å². The Labute approximate surface area is 167 Å². The highest BCUT2D eigenvalue weighted by Gasteiger charge is 2.18. The summed E-state index contributed by atoms with van der Waals surface area (Å²) in [5.74, 6) is -0.0822. The van der Waals surface area contributed by atoms with Crippen molar-refractivity contribution in [2.24, 2.45) is 0 Å². The van der Waals surface area contributed by atoms with Gasteiger partial charge in [-0.2, -0.15) is 0 Å². The SMILES string of the molecule is CC(=O)Nc1ccc(/C=C/[C@@H](O)CN2CCN(c3ccc(C)cc3)CC2)cc1. The van der Waals surface area contributed by atoms with Crippen LogP contribution in [0.4, 0.5) is 11.4 Å². The van der Waals surface area contributed by atoms with E-state index in [4.69, 9.17) is 0 Å². The molecule has 1 atom stereocenters. The zero-order valence-electron chi connectivity index (χ0n) is 16.6. The van der Waals surface area contributed by atoms with Gasteiger partial charge in [-0.25, -0.2) is 0 Å². The van der Waals surface area contributed by atoms with E-state index in [2.05, 4.69) is 46.3 Å². The molecule has 0 unspecified atom stereocenters. The number of carbonyl (C=O) groups excluding carboxylic acids is 1. The number of nitrogens with zero attached hydrogens (tertiary/aromatic N) is 2. The summed E-state index contributed by atoms with van der Waals surface area (Å²) in [6, 6.07) is 16.2. The molecule has 0 aliphatic carbocycles. The van der Waals surface area contributed by atoms with E-state index in [1.165, 1.54) is 18.2 Å². The number of piperazine rings is 1. The van der Waals surface area contributed by atoms with E-state index in [9.17, 15) is 9.90 Å². The van der Waals surface area contributed by atoms with Crippen LogP contribution in [-0.4, -0.2) is 54.7 Å². The second-order valence-corrected chi connectivity index (χ2v) is 7.35. The highest BCUT2D eigenvalue weighted by atomic mass is 16.3. The Balaban J connectivity index is 1.45. The maximum Gasteiger partial charge on any atom is 0.221 e. The molecule has 0 aromatic heterocycles. The molecule has 1 amide bonds. The molecule has 2 aromatic carbocycles. The third-order valence-corrected chi connectivity index (χ3v) is 4.96. The van der Waals surface area contributed by atoms with Crippen molar-refractivity contribution in [3.05, 3.63) is 65.7 Å². The first-order valence-electron chi connectivity index (χ1n) is 9.77. The summed E-state index contributed by atoms with van der Waals surface area (Å²) in [5, 5.41) is 13.1. The topological polar surface area (TPSA) is 55.8 Å². The van der Waals surface area contributed by atoms with Crippen LogP contribution in [0.25, 0.3) is 6.08 Å². The molecule has 5 heteroatoms. The summed E-state index contributed by atoms with van der Waals surface area (Å²) < 4.78 is 0. The van der Waals surface area contributed by atoms with Crippen molar-refractivity contribution in [2.45, 2.75) is 20.0 Å². The average Bonchev–Trinajstić information content (AvgIpc) is 2.68. The van der Waals surface area contributed by atoms with E-state index >= 15 is 0 Å². The van der Waals surface area contributed by atoms with E-state index in [1.807, 2.05) is 36.4 Å². The van der Waals surface area contributed by atoms with Gasteiger partial charge in [0.25, 0.3) is 0 Å². The molecular formula is C23H29N3O2. The van der Waals surface area contributed by atoms with Crippen molar-refractivity contribution in [1.82, 2.24) is 4.90 Å². The zero-order valence-corrected chi connectivity index (χ0v) is 16.6. The van der Waals surface area contributed by atoms with Gasteiger partial charge in [-0.3, -0.25) is 9.69 Å². The first-order chi connectivity index (χ1) is 13.5. The number of hydrogen-bond donors (Lipinski definition) is 2. The molecule has 1 saturated heterocycles. The lowest BCUT2D eigenvalue weighted by molar-refractivity contribution is -0.114. The molecule has 0 saturated carbocycles. The number of rotatable bonds is 6. The van der Waals surface area contributed by atoms with Crippen LogP contribution in [-0.2, 0) is 4.79 Å². The third kappa shape index (κ3) is 5.94. The number of nitrogens with one attached hydrogen (secondary N) is 1. The Kier molecular flexibility index (Phi) is 6.85. The summed E-state index contributed by atoms with van der Waals surface area (Å²) in [5.41, 5.74) is 4.32. The summed E-state index contributed by atoms with van der Waals surface area (Å²) in [4.78, 5) is 15.8. The lowest BCUT2D eigenvalue weighted by Gasteiger charge is -2.36. The lowest BCUT2D eigenvalue weighted by atomic mass is 10.1. The first-order valence-corrected chi connectivity index (χ1v) is 9.77. The van der Waals surface area contributed by atoms with E-state index in [1.54, 1.807) is 0 Å². The molecule has 0 bridgehead atoms. The maximum absolute atomic E-state index is 11.1. The molecule has 5 nitrogen and oxygen atoms in total. The van der Waals surface area contributed by atoms with Gasteiger partial charge in [0.05, 0.1) is 6.10 Å². The summed E-state index contributed by atoms with van der Waals surface area (Å²) in [6.45, 7) is 8.09. The Morgan fingerprint density at radius 3 is 2.32 bits per heavy atom. The third-order valence-electron chi connectivity index (χ3n) is 4.96. The highest BCUT2D eigenvalue weighted by Crippen LogP contribution is 2.17. The average molecular weight is 380 g/mol. The number of anilines is 2. The molecule has 0 radical (unpaired) electrons. The number of β-amino-alcohol motifs (C(OH)–C–C–N with tert-alkyl or cyclic N) is 1. The molecule has 0 spiro atoms. The lowest BCUT2D eigenvalue weighted by Crippen LogP contribution is -2.48. The number of aliphatic hydroxyl groups excluding tert-OH is 1. The number of carbonyl (C=O) groups is 1. The largest absolute Gasteiger partial charge is 0.388 e. The van der Waals surface area contributed by atoms with Gasteiger partial charge in [0.1, 0.15) is 0 Å². The van der Waals surface area contributed by atoms with Crippen LogP contribution in [0.1, 0.15) is 18.1 Å². The van der Waals surface area contributed by atoms with Gasteiger partial charge < -0.3 is 15.3 Å². The Morgan fingerprint density at radius 1 is 1.07 bits per heavy atom. The molecule has 2 N–H and O–H groups in total. The Morgan fingerprint density at radius 2 is 1.71 bits per heavy atom. The monoisotopic (exact) mass is 379 g/mol. The van der Waals surface area contributed by atoms with Crippen LogP contribution in [0.15, 0.2) is 54.6 Å². The first kappa shape index (κ1) is 20.1. The zero-order chi connectivity index (χ0) is 19.9. The molecule has 1 heterocycles. The Bertz CT molecular complexity index is 792. The van der Waals surface area contributed by atoms with Crippen LogP contribution in [0.2, 0.25) is 0 Å². The van der Waals surface area contributed by atoms with Gasteiger partial charge in [0.15, 0.2) is 0 Å². The molecule has 3 rings (SSSR count). The molecule has 148 valence electrons. The van der Waals surface area contributed by atoms with Crippen LogP contribution < -0.4 is 10.2 Å². The van der Waals surface area contributed by atoms with Gasteiger partial charge in [0, 0.05) is 51.0 Å². The molecule has 2 aromatic rings. The minimum atomic E-state index is -0.499. The van der Waals surface area contributed by atoms with E-state index < -0.39 is 6.10 Å². The predicted molar refractivity (Wildman–Crippen MR) is 116 cm³/mol. The van der Waals surface area contributed by atoms with Gasteiger partial charge >= 0.3 is 0 Å². The highest BCUT2D eigenvalue weighted by molar-refractivity contribution is 5.88. The maximum atomic E-state index is 11.1. The molecular weight excluding hydrogens is 350 g/mol. The second-order valence-electron chi connectivity index (χ2n) is 7.35. The minimum absolute atomic E-state index is 0.0822. The number of aliphatic hydroxyl groups is 1. The summed E-state index contributed by atoms with van der Waals surface area (Å²) >= 11 is 0. The van der Waals surface area contributed by atoms with Crippen molar-refractivity contribution >= 4 is 23.4 Å². The smallest absolute Gasteiger partial charge is 0.221 e. The fourth-order valence-corrected chi connectivity index (χ4v) is 3.37. The standard InChI is InChI=1S/C23H29N3O2/c1-18-3-10-22(11-4-18)26-15-13-25(14-16-26)17-23(28)12-7-20-5-8-21(9-6-20)24-19(2)27/h3-12,23,28H,13-17H2,1-2H3,(H,24,27)/b12-7+/t23-/m1/s1. The van der Waals surface area contributed by atoms with E-state index in [0.29, 0.717) is 6.54 Å². The Hall–Kier alpha value is -2.63. The quantitative estimate of drug-likeness (QED) is 0.810. The number of benzene rings is 2. The number of hydrogen-bond acceptors (Lipinski definition) is 4. The molecule has 1 aliphatic heterocycles. The van der Waals surface area contributed by atoms with Crippen molar-refractivity contribution in [1.29, 1.82) is 0 Å². The minimum Gasteiger partial charge on any atom is -0.388 e. The summed E-state index contributed by atoms with van der Waals surface area (Å²) in [7, 11) is 0. The van der Waals surface area contributed by atoms with Crippen LogP contribution in [0.5, 0.6) is 0 Å². The van der Waals surface area contributed by atoms with Crippen molar-refractivity contribution in [3.8, 4) is 0 Å². The summed E-state index contributed by atoms with van der Waals surface area (Å²) in [6.07, 6.45) is 3.26. The van der Waals surface area contributed by atoms with Gasteiger partial charge in [-0.1, -0.05) is 42.0 Å². The van der Waals surface area contributed by atoms with Crippen molar-refractivity contribution in [2.75, 3.05) is 42.9 Å². The molecule has 1 fully saturated rings.